The largest absolute Gasteiger partial charge is 0.337 e. The van der Waals surface area contributed by atoms with Gasteiger partial charge in [0.2, 0.25) is 5.91 Å². The fraction of sp³-hybridized carbons (Fsp3) is 0.750. The molecule has 1 heterocycles. The van der Waals surface area contributed by atoms with Crippen molar-refractivity contribution in [3.63, 3.8) is 0 Å². The summed E-state index contributed by atoms with van der Waals surface area (Å²) in [5.74, 6) is -0.0635. The second kappa shape index (κ2) is 3.56. The molecule has 68 valence electrons. The van der Waals surface area contributed by atoms with Crippen LogP contribution in [0.25, 0.3) is 0 Å². The van der Waals surface area contributed by atoms with Crippen molar-refractivity contribution in [1.29, 1.82) is 0 Å². The monoisotopic (exact) mass is 170 g/mol. The molecule has 4 nitrogen and oxygen atoms in total. The fourth-order valence-electron chi connectivity index (χ4n) is 1.33. The predicted molar refractivity (Wildman–Crippen MR) is 44.6 cm³/mol. The summed E-state index contributed by atoms with van der Waals surface area (Å²) >= 11 is 0. The second-order valence-corrected chi connectivity index (χ2v) is 2.87. The van der Waals surface area contributed by atoms with E-state index < -0.39 is 0 Å². The SMILES string of the molecule is CCC1CNC(=O)N(CC)C1=O. The van der Waals surface area contributed by atoms with Crippen molar-refractivity contribution in [3.8, 4) is 0 Å². The van der Waals surface area contributed by atoms with Gasteiger partial charge in [-0.1, -0.05) is 6.92 Å². The highest BCUT2D eigenvalue weighted by atomic mass is 16.2. The minimum atomic E-state index is -0.257. The number of carbonyl (C=O) groups is 2. The summed E-state index contributed by atoms with van der Waals surface area (Å²) in [5, 5.41) is 2.68. The summed E-state index contributed by atoms with van der Waals surface area (Å²) in [6.45, 7) is 4.70. The molecule has 1 fully saturated rings. The normalized spacial score (nSPS) is 24.2. The van der Waals surface area contributed by atoms with Crippen LogP contribution in [0, 0.1) is 5.92 Å². The zero-order chi connectivity index (χ0) is 9.14. The van der Waals surface area contributed by atoms with Gasteiger partial charge in [0.15, 0.2) is 0 Å². The molecular formula is C8H14N2O2. The highest BCUT2D eigenvalue weighted by molar-refractivity contribution is 5.97. The van der Waals surface area contributed by atoms with Crippen LogP contribution in [0.5, 0.6) is 0 Å². The van der Waals surface area contributed by atoms with Crippen LogP contribution >= 0.6 is 0 Å². The molecule has 0 bridgehead atoms. The van der Waals surface area contributed by atoms with E-state index in [2.05, 4.69) is 5.32 Å². The topological polar surface area (TPSA) is 49.4 Å². The Kier molecular flexibility index (Phi) is 2.68. The number of carbonyl (C=O) groups excluding carboxylic acids is 2. The lowest BCUT2D eigenvalue weighted by Crippen LogP contribution is -2.54. The molecule has 1 aliphatic heterocycles. The molecule has 1 atom stereocenters. The molecule has 0 aromatic carbocycles. The average Bonchev–Trinajstić information content (AvgIpc) is 2.06. The van der Waals surface area contributed by atoms with Crippen molar-refractivity contribution < 1.29 is 9.59 Å². The molecule has 1 unspecified atom stereocenters. The van der Waals surface area contributed by atoms with Gasteiger partial charge in [-0.2, -0.15) is 0 Å². The zero-order valence-corrected chi connectivity index (χ0v) is 7.46. The van der Waals surface area contributed by atoms with Crippen LogP contribution in [-0.4, -0.2) is 29.9 Å². The van der Waals surface area contributed by atoms with Gasteiger partial charge in [-0.3, -0.25) is 9.69 Å². The van der Waals surface area contributed by atoms with E-state index >= 15 is 0 Å². The van der Waals surface area contributed by atoms with Gasteiger partial charge in [0, 0.05) is 13.1 Å². The van der Waals surface area contributed by atoms with E-state index in [4.69, 9.17) is 0 Å². The third kappa shape index (κ3) is 1.42. The molecule has 3 amide bonds. The maximum Gasteiger partial charge on any atom is 0.324 e. The van der Waals surface area contributed by atoms with Crippen LogP contribution in [-0.2, 0) is 4.79 Å². The Balaban J connectivity index is 2.70. The smallest absolute Gasteiger partial charge is 0.324 e. The van der Waals surface area contributed by atoms with E-state index in [0.29, 0.717) is 13.1 Å². The maximum atomic E-state index is 11.5. The molecule has 12 heavy (non-hydrogen) atoms. The molecule has 1 saturated heterocycles. The van der Waals surface area contributed by atoms with E-state index in [1.54, 1.807) is 6.92 Å². The van der Waals surface area contributed by atoms with Crippen LogP contribution in [0.2, 0.25) is 0 Å². The Morgan fingerprint density at radius 1 is 1.50 bits per heavy atom. The molecule has 0 spiro atoms. The van der Waals surface area contributed by atoms with Crippen LogP contribution < -0.4 is 5.32 Å². The number of amides is 3. The first-order chi connectivity index (χ1) is 5.70. The number of nitrogens with one attached hydrogen (secondary N) is 1. The first-order valence-corrected chi connectivity index (χ1v) is 4.29. The van der Waals surface area contributed by atoms with Gasteiger partial charge in [-0.15, -0.1) is 0 Å². The standard InChI is InChI=1S/C8H14N2O2/c1-3-6-5-9-8(12)10(4-2)7(6)11/h6H,3-5H2,1-2H3,(H,9,12). The summed E-state index contributed by atoms with van der Waals surface area (Å²) in [6, 6.07) is -0.257. The van der Waals surface area contributed by atoms with Crippen molar-refractivity contribution in [2.75, 3.05) is 13.1 Å². The maximum absolute atomic E-state index is 11.5. The molecular weight excluding hydrogens is 156 g/mol. The number of hydrogen-bond acceptors (Lipinski definition) is 2. The summed E-state index contributed by atoms with van der Waals surface area (Å²) < 4.78 is 0. The van der Waals surface area contributed by atoms with Crippen molar-refractivity contribution in [2.24, 2.45) is 5.92 Å². The molecule has 0 saturated carbocycles. The van der Waals surface area contributed by atoms with Gasteiger partial charge in [0.05, 0.1) is 5.92 Å². The minimum absolute atomic E-state index is 0.0253. The molecule has 1 aliphatic rings. The van der Waals surface area contributed by atoms with E-state index in [1.807, 2.05) is 6.92 Å². The van der Waals surface area contributed by atoms with Crippen LogP contribution in [0.3, 0.4) is 0 Å². The summed E-state index contributed by atoms with van der Waals surface area (Å²) in [4.78, 5) is 23.8. The third-order valence-electron chi connectivity index (χ3n) is 2.17. The van der Waals surface area contributed by atoms with Crippen molar-refractivity contribution in [1.82, 2.24) is 10.2 Å². The number of urea groups is 1. The number of imide groups is 1. The lowest BCUT2D eigenvalue weighted by Gasteiger charge is -2.29. The number of hydrogen-bond donors (Lipinski definition) is 1. The van der Waals surface area contributed by atoms with Gasteiger partial charge in [0.25, 0.3) is 0 Å². The quantitative estimate of drug-likeness (QED) is 0.659. The molecule has 1 rings (SSSR count). The number of rotatable bonds is 2. The first kappa shape index (κ1) is 9.03. The Labute approximate surface area is 71.9 Å². The second-order valence-electron chi connectivity index (χ2n) is 2.87. The minimum Gasteiger partial charge on any atom is -0.337 e. The summed E-state index contributed by atoms with van der Waals surface area (Å²) in [5.41, 5.74) is 0. The first-order valence-electron chi connectivity index (χ1n) is 4.29. The summed E-state index contributed by atoms with van der Waals surface area (Å²) in [7, 11) is 0. The van der Waals surface area contributed by atoms with Gasteiger partial charge < -0.3 is 5.32 Å². The molecule has 1 N–H and O–H groups in total. The zero-order valence-electron chi connectivity index (χ0n) is 7.46. The van der Waals surface area contributed by atoms with E-state index in [9.17, 15) is 9.59 Å². The fourth-order valence-corrected chi connectivity index (χ4v) is 1.33. The Hall–Kier alpha value is -1.06. The van der Waals surface area contributed by atoms with E-state index in [1.165, 1.54) is 4.90 Å². The van der Waals surface area contributed by atoms with E-state index in [0.717, 1.165) is 6.42 Å². The molecule has 4 heteroatoms. The van der Waals surface area contributed by atoms with Crippen LogP contribution in [0.1, 0.15) is 20.3 Å². The Morgan fingerprint density at radius 2 is 2.17 bits per heavy atom. The van der Waals surface area contributed by atoms with Crippen molar-refractivity contribution >= 4 is 11.9 Å². The molecule has 0 aromatic heterocycles. The molecule has 0 aliphatic carbocycles. The van der Waals surface area contributed by atoms with Gasteiger partial charge in [0.1, 0.15) is 0 Å². The van der Waals surface area contributed by atoms with Gasteiger partial charge >= 0.3 is 6.03 Å². The average molecular weight is 170 g/mol. The van der Waals surface area contributed by atoms with Crippen LogP contribution in [0.15, 0.2) is 0 Å². The van der Waals surface area contributed by atoms with Gasteiger partial charge in [-0.05, 0) is 13.3 Å². The lowest BCUT2D eigenvalue weighted by molar-refractivity contribution is -0.133. The van der Waals surface area contributed by atoms with E-state index in [-0.39, 0.29) is 17.9 Å². The number of nitrogens with zero attached hydrogens (tertiary/aromatic N) is 1. The predicted octanol–water partition coefficient (Wildman–Crippen LogP) is 0.584. The van der Waals surface area contributed by atoms with Crippen molar-refractivity contribution in [2.45, 2.75) is 20.3 Å². The Morgan fingerprint density at radius 3 is 2.67 bits per heavy atom. The highest BCUT2D eigenvalue weighted by Crippen LogP contribution is 2.11. The third-order valence-corrected chi connectivity index (χ3v) is 2.17. The molecule has 0 radical (unpaired) electrons. The molecule has 0 aromatic rings. The summed E-state index contributed by atoms with van der Waals surface area (Å²) in [6.07, 6.45) is 0.787. The van der Waals surface area contributed by atoms with Crippen LogP contribution in [0.4, 0.5) is 4.79 Å². The Bertz CT molecular complexity index is 203. The van der Waals surface area contributed by atoms with Crippen molar-refractivity contribution in [3.05, 3.63) is 0 Å². The van der Waals surface area contributed by atoms with Gasteiger partial charge in [-0.25, -0.2) is 4.79 Å². The highest BCUT2D eigenvalue weighted by Gasteiger charge is 2.31. The lowest BCUT2D eigenvalue weighted by atomic mass is 10.0.